The Bertz CT molecular complexity index is 1220. The molecule has 0 aromatic heterocycles. The molecule has 0 fully saturated rings. The molecule has 1 aliphatic heterocycles. The topological polar surface area (TPSA) is 50.4 Å². The summed E-state index contributed by atoms with van der Waals surface area (Å²) in [6.07, 6.45) is 1.06. The van der Waals surface area contributed by atoms with Gasteiger partial charge in [-0.3, -0.25) is 4.79 Å². The van der Waals surface area contributed by atoms with Gasteiger partial charge in [0.05, 0.1) is 24.5 Å². The van der Waals surface area contributed by atoms with Crippen LogP contribution < -0.4 is 15.4 Å². The summed E-state index contributed by atoms with van der Waals surface area (Å²) in [7, 11) is 1.66. The van der Waals surface area contributed by atoms with Crippen molar-refractivity contribution >= 4 is 40.4 Å². The number of ether oxygens (including phenoxy) is 1. The number of fused-ring (bicyclic) bond motifs is 1. The molecule has 3 aromatic carbocycles. The van der Waals surface area contributed by atoms with Crippen LogP contribution in [0.15, 0.2) is 78.0 Å². The molecule has 0 saturated heterocycles. The minimum Gasteiger partial charge on any atom is -0.496 e. The highest BCUT2D eigenvalue weighted by atomic mass is 35.5. The van der Waals surface area contributed by atoms with Gasteiger partial charge in [0.2, 0.25) is 0 Å². The van der Waals surface area contributed by atoms with Crippen LogP contribution in [0, 0.1) is 0 Å². The number of halogens is 2. The molecule has 2 atom stereocenters. The van der Waals surface area contributed by atoms with Crippen LogP contribution in [0.3, 0.4) is 0 Å². The van der Waals surface area contributed by atoms with Gasteiger partial charge in [-0.25, -0.2) is 0 Å². The standard InChI is InChI=1S/C26H22Cl2N2O2/c1-32-23-12-5-2-7-16(23)15-13-21-25(22(31)14-15)26(24-17(27)8-6-9-18(24)28)30-20-11-4-3-10-19(20)29-21/h2-12,15,26,29-30H,13-14H2,1H3. The minimum absolute atomic E-state index is 0.0116. The Morgan fingerprint density at radius 1 is 0.875 bits per heavy atom. The molecule has 0 spiro atoms. The lowest BCUT2D eigenvalue weighted by Crippen LogP contribution is -2.27. The maximum absolute atomic E-state index is 13.7. The van der Waals surface area contributed by atoms with Gasteiger partial charge in [-0.1, -0.05) is 59.6 Å². The molecule has 6 heteroatoms. The maximum Gasteiger partial charge on any atom is 0.163 e. The Labute approximate surface area is 197 Å². The third-order valence-electron chi connectivity index (χ3n) is 6.18. The van der Waals surface area contributed by atoms with Gasteiger partial charge < -0.3 is 15.4 Å². The maximum atomic E-state index is 13.7. The number of hydrogen-bond donors (Lipinski definition) is 2. The van der Waals surface area contributed by atoms with Crippen molar-refractivity contribution in [2.45, 2.75) is 24.8 Å². The third kappa shape index (κ3) is 3.64. The molecule has 5 rings (SSSR count). The van der Waals surface area contributed by atoms with Crippen molar-refractivity contribution in [3.63, 3.8) is 0 Å². The van der Waals surface area contributed by atoms with Gasteiger partial charge in [-0.2, -0.15) is 0 Å². The zero-order chi connectivity index (χ0) is 22.2. The summed E-state index contributed by atoms with van der Waals surface area (Å²) in [4.78, 5) is 13.7. The monoisotopic (exact) mass is 464 g/mol. The van der Waals surface area contributed by atoms with E-state index in [9.17, 15) is 4.79 Å². The number of para-hydroxylation sites is 3. The molecule has 0 radical (unpaired) electrons. The molecule has 0 bridgehead atoms. The summed E-state index contributed by atoms with van der Waals surface area (Å²) in [6.45, 7) is 0. The van der Waals surface area contributed by atoms with Crippen molar-refractivity contribution in [3.05, 3.63) is 99.2 Å². The first kappa shape index (κ1) is 20.9. The number of ketones is 1. The van der Waals surface area contributed by atoms with E-state index in [0.29, 0.717) is 34.0 Å². The van der Waals surface area contributed by atoms with Crippen LogP contribution in [-0.2, 0) is 4.79 Å². The van der Waals surface area contributed by atoms with E-state index in [2.05, 4.69) is 10.6 Å². The molecule has 0 amide bonds. The summed E-state index contributed by atoms with van der Waals surface area (Å²) in [5.74, 6) is 0.876. The van der Waals surface area contributed by atoms with Gasteiger partial charge in [0.1, 0.15) is 5.75 Å². The fourth-order valence-corrected chi connectivity index (χ4v) is 5.33. The quantitative estimate of drug-likeness (QED) is 0.438. The van der Waals surface area contributed by atoms with Gasteiger partial charge in [0.25, 0.3) is 0 Å². The SMILES string of the molecule is COc1ccccc1C1CC(=O)C2=C(C1)Nc1ccccc1NC2c1c(Cl)cccc1Cl. The Morgan fingerprint density at radius 2 is 1.56 bits per heavy atom. The van der Waals surface area contributed by atoms with E-state index in [1.807, 2.05) is 54.6 Å². The predicted molar refractivity (Wildman–Crippen MR) is 130 cm³/mol. The molecule has 3 aromatic rings. The van der Waals surface area contributed by atoms with Crippen LogP contribution in [0.5, 0.6) is 5.75 Å². The van der Waals surface area contributed by atoms with Gasteiger partial charge in [-0.05, 0) is 42.3 Å². The summed E-state index contributed by atoms with van der Waals surface area (Å²) in [5.41, 5.74) is 5.13. The molecule has 4 nitrogen and oxygen atoms in total. The highest BCUT2D eigenvalue weighted by Gasteiger charge is 2.38. The molecule has 1 heterocycles. The van der Waals surface area contributed by atoms with Gasteiger partial charge >= 0.3 is 0 Å². The number of allylic oxidation sites excluding steroid dienone is 1. The number of carbonyl (C=O) groups is 1. The molecule has 32 heavy (non-hydrogen) atoms. The molecule has 2 aliphatic rings. The van der Waals surface area contributed by atoms with Crippen molar-refractivity contribution in [2.24, 2.45) is 0 Å². The molecule has 2 N–H and O–H groups in total. The van der Waals surface area contributed by atoms with Crippen molar-refractivity contribution in [3.8, 4) is 5.75 Å². The second-order valence-electron chi connectivity index (χ2n) is 8.05. The molecule has 162 valence electrons. The second-order valence-corrected chi connectivity index (χ2v) is 8.86. The molecular weight excluding hydrogens is 443 g/mol. The lowest BCUT2D eigenvalue weighted by Gasteiger charge is -2.31. The predicted octanol–water partition coefficient (Wildman–Crippen LogP) is 6.98. The number of carbonyl (C=O) groups excluding carboxylic acids is 1. The Kier molecular flexibility index (Phi) is 5.58. The largest absolute Gasteiger partial charge is 0.496 e. The van der Waals surface area contributed by atoms with Crippen LogP contribution >= 0.6 is 23.2 Å². The van der Waals surface area contributed by atoms with Crippen LogP contribution in [-0.4, -0.2) is 12.9 Å². The fraction of sp³-hybridized carbons (Fsp3) is 0.192. The number of methoxy groups -OCH3 is 1. The van der Waals surface area contributed by atoms with E-state index in [4.69, 9.17) is 27.9 Å². The second kappa shape index (κ2) is 8.53. The molecule has 0 saturated carbocycles. The van der Waals surface area contributed by atoms with E-state index >= 15 is 0 Å². The number of benzene rings is 3. The summed E-state index contributed by atoms with van der Waals surface area (Å²) < 4.78 is 5.58. The van der Waals surface area contributed by atoms with Crippen LogP contribution in [0.25, 0.3) is 0 Å². The molecular formula is C26H22Cl2N2O2. The average molecular weight is 465 g/mol. The fourth-order valence-electron chi connectivity index (χ4n) is 4.72. The smallest absolute Gasteiger partial charge is 0.163 e. The van der Waals surface area contributed by atoms with Crippen molar-refractivity contribution in [1.29, 1.82) is 0 Å². The lowest BCUT2D eigenvalue weighted by atomic mass is 9.78. The highest BCUT2D eigenvalue weighted by Crippen LogP contribution is 2.47. The molecule has 1 aliphatic carbocycles. The van der Waals surface area contributed by atoms with E-state index in [1.165, 1.54) is 0 Å². The van der Waals surface area contributed by atoms with Crippen molar-refractivity contribution in [2.75, 3.05) is 17.7 Å². The zero-order valence-corrected chi connectivity index (χ0v) is 19.0. The van der Waals surface area contributed by atoms with Crippen LogP contribution in [0.2, 0.25) is 10.0 Å². The van der Waals surface area contributed by atoms with Gasteiger partial charge in [-0.15, -0.1) is 0 Å². The third-order valence-corrected chi connectivity index (χ3v) is 6.84. The normalized spacial score (nSPS) is 19.9. The number of rotatable bonds is 3. The zero-order valence-electron chi connectivity index (χ0n) is 17.5. The number of Topliss-reactive ketones (excluding diaryl/α,β-unsaturated/α-hetero) is 1. The van der Waals surface area contributed by atoms with Gasteiger partial charge in [0, 0.05) is 39.2 Å². The summed E-state index contributed by atoms with van der Waals surface area (Å²) in [6, 6.07) is 20.8. The molecule has 2 unspecified atom stereocenters. The minimum atomic E-state index is -0.450. The lowest BCUT2D eigenvalue weighted by molar-refractivity contribution is -0.116. The van der Waals surface area contributed by atoms with E-state index in [-0.39, 0.29) is 11.7 Å². The first-order valence-corrected chi connectivity index (χ1v) is 11.3. The number of nitrogens with one attached hydrogen (secondary N) is 2. The van der Waals surface area contributed by atoms with Crippen LogP contribution in [0.1, 0.15) is 35.9 Å². The Hall–Kier alpha value is -2.95. The van der Waals surface area contributed by atoms with E-state index < -0.39 is 6.04 Å². The Morgan fingerprint density at radius 3 is 2.31 bits per heavy atom. The van der Waals surface area contributed by atoms with Gasteiger partial charge in [0.15, 0.2) is 5.78 Å². The first-order chi connectivity index (χ1) is 15.6. The van der Waals surface area contributed by atoms with Crippen LogP contribution in [0.4, 0.5) is 11.4 Å². The van der Waals surface area contributed by atoms with Crippen molar-refractivity contribution in [1.82, 2.24) is 0 Å². The Balaban J connectivity index is 1.66. The van der Waals surface area contributed by atoms with E-state index in [0.717, 1.165) is 28.4 Å². The van der Waals surface area contributed by atoms with Crippen molar-refractivity contribution < 1.29 is 9.53 Å². The summed E-state index contributed by atoms with van der Waals surface area (Å²) >= 11 is 13.2. The number of anilines is 2. The first-order valence-electron chi connectivity index (χ1n) is 10.5. The number of hydrogen-bond acceptors (Lipinski definition) is 4. The average Bonchev–Trinajstić information content (AvgIpc) is 2.95. The highest BCUT2D eigenvalue weighted by molar-refractivity contribution is 6.36. The van der Waals surface area contributed by atoms with E-state index in [1.54, 1.807) is 19.2 Å². The summed E-state index contributed by atoms with van der Waals surface area (Å²) in [5, 5.41) is 8.12.